The van der Waals surface area contributed by atoms with Gasteiger partial charge in [-0.25, -0.2) is 0 Å². The molecule has 1 aromatic carbocycles. The second-order valence-electron chi connectivity index (χ2n) is 5.63. The SMILES string of the molecule is CCCNC1(C#N)CCCC(Sc2ccc(OC)cc2)C1. The molecule has 3 nitrogen and oxygen atoms in total. The van der Waals surface area contributed by atoms with Gasteiger partial charge in [0.2, 0.25) is 0 Å². The minimum Gasteiger partial charge on any atom is -0.497 e. The number of nitriles is 1. The number of hydrogen-bond donors (Lipinski definition) is 1. The molecule has 1 saturated carbocycles. The third kappa shape index (κ3) is 4.39. The van der Waals surface area contributed by atoms with Crippen LogP contribution in [0.5, 0.6) is 5.75 Å². The normalized spacial score (nSPS) is 25.3. The zero-order valence-electron chi connectivity index (χ0n) is 12.9. The second-order valence-corrected chi connectivity index (χ2v) is 7.01. The number of nitrogens with zero attached hydrogens (tertiary/aromatic N) is 1. The van der Waals surface area contributed by atoms with E-state index in [0.717, 1.165) is 38.0 Å². The first-order valence-corrected chi connectivity index (χ1v) is 8.56. The lowest BCUT2D eigenvalue weighted by atomic mass is 9.82. The van der Waals surface area contributed by atoms with Crippen LogP contribution < -0.4 is 10.1 Å². The molecule has 0 amide bonds. The van der Waals surface area contributed by atoms with Gasteiger partial charge in [-0.05, 0) is 62.9 Å². The fourth-order valence-corrected chi connectivity index (χ4v) is 4.17. The Kier molecular flexibility index (Phi) is 5.96. The fraction of sp³-hybridized carbons (Fsp3) is 0.588. The Balaban J connectivity index is 1.98. The maximum Gasteiger partial charge on any atom is 0.118 e. The van der Waals surface area contributed by atoms with Crippen LogP contribution in [0, 0.1) is 11.3 Å². The number of thioether (sulfide) groups is 1. The van der Waals surface area contributed by atoms with Crippen molar-refractivity contribution in [3.63, 3.8) is 0 Å². The van der Waals surface area contributed by atoms with Crippen molar-refractivity contribution in [3.8, 4) is 11.8 Å². The standard InChI is InChI=1S/C17H24N2OS/c1-3-11-19-17(13-18)10-4-5-16(12-17)21-15-8-6-14(20-2)7-9-15/h6-9,16,19H,3-5,10-12H2,1-2H3. The number of methoxy groups -OCH3 is 1. The minimum atomic E-state index is -0.321. The first-order valence-electron chi connectivity index (χ1n) is 7.68. The topological polar surface area (TPSA) is 45.0 Å². The van der Waals surface area contributed by atoms with Gasteiger partial charge in [0.05, 0.1) is 13.2 Å². The van der Waals surface area contributed by atoms with Crippen molar-refractivity contribution in [3.05, 3.63) is 24.3 Å². The molecule has 0 aromatic heterocycles. The molecule has 1 aromatic rings. The summed E-state index contributed by atoms with van der Waals surface area (Å²) in [5.74, 6) is 0.888. The van der Waals surface area contributed by atoms with Gasteiger partial charge in [-0.3, -0.25) is 5.32 Å². The number of benzene rings is 1. The van der Waals surface area contributed by atoms with Gasteiger partial charge >= 0.3 is 0 Å². The predicted molar refractivity (Wildman–Crippen MR) is 87.7 cm³/mol. The minimum absolute atomic E-state index is 0.321. The number of hydrogen-bond acceptors (Lipinski definition) is 4. The summed E-state index contributed by atoms with van der Waals surface area (Å²) >= 11 is 1.89. The maximum absolute atomic E-state index is 9.58. The van der Waals surface area contributed by atoms with Crippen molar-refractivity contribution in [2.45, 2.75) is 54.7 Å². The molecule has 1 fully saturated rings. The van der Waals surface area contributed by atoms with E-state index in [1.165, 1.54) is 11.3 Å². The summed E-state index contributed by atoms with van der Waals surface area (Å²) in [5, 5.41) is 13.6. The molecule has 0 heterocycles. The highest BCUT2D eigenvalue weighted by atomic mass is 32.2. The average molecular weight is 304 g/mol. The molecule has 0 aliphatic heterocycles. The lowest BCUT2D eigenvalue weighted by Crippen LogP contribution is -2.48. The van der Waals surface area contributed by atoms with E-state index in [-0.39, 0.29) is 5.54 Å². The van der Waals surface area contributed by atoms with E-state index >= 15 is 0 Å². The molecule has 0 radical (unpaired) electrons. The Morgan fingerprint density at radius 1 is 1.43 bits per heavy atom. The zero-order valence-corrected chi connectivity index (χ0v) is 13.7. The molecule has 1 aliphatic carbocycles. The van der Waals surface area contributed by atoms with Crippen molar-refractivity contribution >= 4 is 11.8 Å². The van der Waals surface area contributed by atoms with Gasteiger partial charge in [-0.2, -0.15) is 5.26 Å². The third-order valence-electron chi connectivity index (χ3n) is 4.00. The number of ether oxygens (including phenoxy) is 1. The second kappa shape index (κ2) is 7.72. The number of nitrogens with one attached hydrogen (secondary N) is 1. The quantitative estimate of drug-likeness (QED) is 0.863. The van der Waals surface area contributed by atoms with Crippen LogP contribution in [0.25, 0.3) is 0 Å². The van der Waals surface area contributed by atoms with Crippen LogP contribution in [0.1, 0.15) is 39.0 Å². The number of rotatable bonds is 6. The van der Waals surface area contributed by atoms with Crippen LogP contribution in [-0.2, 0) is 0 Å². The summed E-state index contributed by atoms with van der Waals surface area (Å²) in [6, 6.07) is 10.7. The van der Waals surface area contributed by atoms with Crippen molar-refractivity contribution in [2.24, 2.45) is 0 Å². The lowest BCUT2D eigenvalue weighted by Gasteiger charge is -2.36. The van der Waals surface area contributed by atoms with Gasteiger partial charge in [0.15, 0.2) is 0 Å². The molecular weight excluding hydrogens is 280 g/mol. The molecule has 114 valence electrons. The molecule has 0 saturated heterocycles. The third-order valence-corrected chi connectivity index (χ3v) is 5.28. The smallest absolute Gasteiger partial charge is 0.118 e. The average Bonchev–Trinajstić information content (AvgIpc) is 2.54. The van der Waals surface area contributed by atoms with Crippen LogP contribution in [-0.4, -0.2) is 24.4 Å². The van der Waals surface area contributed by atoms with E-state index in [1.54, 1.807) is 7.11 Å². The Hall–Kier alpha value is -1.18. The van der Waals surface area contributed by atoms with Crippen molar-refractivity contribution in [2.75, 3.05) is 13.7 Å². The molecule has 2 rings (SSSR count). The summed E-state index contributed by atoms with van der Waals surface area (Å²) in [6.07, 6.45) is 5.29. The van der Waals surface area contributed by atoms with E-state index < -0.39 is 0 Å². The van der Waals surface area contributed by atoms with Gasteiger partial charge in [0, 0.05) is 10.1 Å². The summed E-state index contributed by atoms with van der Waals surface area (Å²) in [7, 11) is 1.68. The summed E-state index contributed by atoms with van der Waals surface area (Å²) in [4.78, 5) is 1.25. The van der Waals surface area contributed by atoms with Crippen LogP contribution >= 0.6 is 11.8 Å². The van der Waals surface area contributed by atoms with Gasteiger partial charge in [-0.15, -0.1) is 11.8 Å². The lowest BCUT2D eigenvalue weighted by molar-refractivity contribution is 0.305. The monoisotopic (exact) mass is 304 g/mol. The highest BCUT2D eigenvalue weighted by Gasteiger charge is 2.36. The Morgan fingerprint density at radius 2 is 2.19 bits per heavy atom. The van der Waals surface area contributed by atoms with Gasteiger partial charge in [0.1, 0.15) is 11.3 Å². The van der Waals surface area contributed by atoms with Crippen molar-refractivity contribution in [1.82, 2.24) is 5.32 Å². The molecule has 0 bridgehead atoms. The highest BCUT2D eigenvalue weighted by molar-refractivity contribution is 8.00. The summed E-state index contributed by atoms with van der Waals surface area (Å²) < 4.78 is 5.19. The fourth-order valence-electron chi connectivity index (χ4n) is 2.84. The van der Waals surface area contributed by atoms with E-state index in [0.29, 0.717) is 5.25 Å². The van der Waals surface area contributed by atoms with Crippen LogP contribution in [0.4, 0.5) is 0 Å². The van der Waals surface area contributed by atoms with Gasteiger partial charge in [-0.1, -0.05) is 6.92 Å². The molecular formula is C17H24N2OS. The van der Waals surface area contributed by atoms with E-state index in [9.17, 15) is 5.26 Å². The van der Waals surface area contributed by atoms with E-state index in [1.807, 2.05) is 23.9 Å². The Morgan fingerprint density at radius 3 is 2.81 bits per heavy atom. The molecule has 2 unspecified atom stereocenters. The van der Waals surface area contributed by atoms with Crippen LogP contribution in [0.15, 0.2) is 29.2 Å². The largest absolute Gasteiger partial charge is 0.497 e. The van der Waals surface area contributed by atoms with E-state index in [2.05, 4.69) is 30.4 Å². The molecule has 4 heteroatoms. The summed E-state index contributed by atoms with van der Waals surface area (Å²) in [6.45, 7) is 3.07. The molecule has 2 atom stereocenters. The highest BCUT2D eigenvalue weighted by Crippen LogP contribution is 2.38. The van der Waals surface area contributed by atoms with Crippen molar-refractivity contribution in [1.29, 1.82) is 5.26 Å². The first-order chi connectivity index (χ1) is 10.2. The molecule has 21 heavy (non-hydrogen) atoms. The first kappa shape index (κ1) is 16.2. The summed E-state index contributed by atoms with van der Waals surface area (Å²) in [5.41, 5.74) is -0.321. The predicted octanol–water partition coefficient (Wildman–Crippen LogP) is 3.99. The zero-order chi connectivity index (χ0) is 15.1. The van der Waals surface area contributed by atoms with Crippen molar-refractivity contribution < 1.29 is 4.74 Å². The molecule has 1 aliphatic rings. The van der Waals surface area contributed by atoms with Gasteiger partial charge in [0.25, 0.3) is 0 Å². The van der Waals surface area contributed by atoms with Gasteiger partial charge < -0.3 is 4.74 Å². The maximum atomic E-state index is 9.58. The molecule has 0 spiro atoms. The molecule has 1 N–H and O–H groups in total. The van der Waals surface area contributed by atoms with Crippen LogP contribution in [0.2, 0.25) is 0 Å². The van der Waals surface area contributed by atoms with E-state index in [4.69, 9.17) is 4.74 Å². The Bertz CT molecular complexity index is 483. The van der Waals surface area contributed by atoms with Crippen LogP contribution in [0.3, 0.4) is 0 Å². The Labute approximate surface area is 132 Å².